The Bertz CT molecular complexity index is 1170. The number of carbonyl (C=O) groups excluding carboxylic acids is 1. The first-order chi connectivity index (χ1) is 14.2. The minimum absolute atomic E-state index is 0.158. The van der Waals surface area contributed by atoms with E-state index in [9.17, 15) is 13.2 Å². The lowest BCUT2D eigenvalue weighted by Gasteiger charge is -2.13. The molecular formula is C22H21ClN2O4S. The molecule has 0 aliphatic carbocycles. The number of nitrogens with one attached hydrogen (secondary N) is 2. The summed E-state index contributed by atoms with van der Waals surface area (Å²) >= 11 is 5.92. The van der Waals surface area contributed by atoms with E-state index >= 15 is 0 Å². The zero-order chi connectivity index (χ0) is 21.7. The molecule has 0 atom stereocenters. The Morgan fingerprint density at radius 1 is 0.967 bits per heavy atom. The van der Waals surface area contributed by atoms with Crippen molar-refractivity contribution < 1.29 is 17.9 Å². The number of hydrogen-bond donors (Lipinski definition) is 2. The van der Waals surface area contributed by atoms with Gasteiger partial charge in [0.2, 0.25) is 0 Å². The predicted octanol–water partition coefficient (Wildman–Crippen LogP) is 4.78. The van der Waals surface area contributed by atoms with E-state index < -0.39 is 10.0 Å². The van der Waals surface area contributed by atoms with Crippen molar-refractivity contribution in [1.82, 2.24) is 0 Å². The highest BCUT2D eigenvalue weighted by Crippen LogP contribution is 2.24. The van der Waals surface area contributed by atoms with Crippen LogP contribution in [0.25, 0.3) is 0 Å². The summed E-state index contributed by atoms with van der Waals surface area (Å²) in [7, 11) is -3.73. The highest BCUT2D eigenvalue weighted by Gasteiger charge is 2.15. The molecule has 0 fully saturated rings. The quantitative estimate of drug-likeness (QED) is 0.549. The summed E-state index contributed by atoms with van der Waals surface area (Å²) in [6.07, 6.45) is 0. The molecule has 6 nitrogen and oxygen atoms in total. The largest absolute Gasteiger partial charge is 0.483 e. The first-order valence-electron chi connectivity index (χ1n) is 9.12. The molecule has 2 N–H and O–H groups in total. The van der Waals surface area contributed by atoms with Gasteiger partial charge in [-0.1, -0.05) is 35.9 Å². The molecular weight excluding hydrogens is 424 g/mol. The van der Waals surface area contributed by atoms with Gasteiger partial charge in [-0.3, -0.25) is 9.52 Å². The van der Waals surface area contributed by atoms with Gasteiger partial charge in [0.15, 0.2) is 6.61 Å². The van der Waals surface area contributed by atoms with Gasteiger partial charge in [0, 0.05) is 10.7 Å². The van der Waals surface area contributed by atoms with Crippen LogP contribution in [0.15, 0.2) is 71.6 Å². The molecule has 0 spiro atoms. The fourth-order valence-corrected chi connectivity index (χ4v) is 4.10. The molecule has 1 amide bonds. The monoisotopic (exact) mass is 444 g/mol. The Morgan fingerprint density at radius 2 is 1.70 bits per heavy atom. The summed E-state index contributed by atoms with van der Waals surface area (Å²) < 4.78 is 33.2. The van der Waals surface area contributed by atoms with E-state index in [0.717, 1.165) is 11.1 Å². The van der Waals surface area contributed by atoms with Gasteiger partial charge >= 0.3 is 0 Å². The van der Waals surface area contributed by atoms with Crippen LogP contribution >= 0.6 is 11.6 Å². The molecule has 3 aromatic carbocycles. The van der Waals surface area contributed by atoms with Gasteiger partial charge in [0.1, 0.15) is 5.75 Å². The minimum atomic E-state index is -3.73. The van der Waals surface area contributed by atoms with Crippen molar-refractivity contribution in [2.45, 2.75) is 18.7 Å². The number of hydrogen-bond acceptors (Lipinski definition) is 4. The van der Waals surface area contributed by atoms with Crippen LogP contribution in [-0.2, 0) is 14.8 Å². The molecule has 0 radical (unpaired) electrons. The third-order valence-corrected chi connectivity index (χ3v) is 5.93. The number of anilines is 2. The first-order valence-corrected chi connectivity index (χ1v) is 11.0. The van der Waals surface area contributed by atoms with Crippen molar-refractivity contribution in [2.75, 3.05) is 16.6 Å². The van der Waals surface area contributed by atoms with Gasteiger partial charge in [-0.05, 0) is 67.4 Å². The Labute approximate surface area is 180 Å². The summed E-state index contributed by atoms with van der Waals surface area (Å²) in [5.41, 5.74) is 2.38. The molecule has 0 aromatic heterocycles. The number of carbonyl (C=O) groups is 1. The Morgan fingerprint density at radius 3 is 2.40 bits per heavy atom. The van der Waals surface area contributed by atoms with E-state index in [2.05, 4.69) is 10.0 Å². The smallest absolute Gasteiger partial charge is 0.262 e. The van der Waals surface area contributed by atoms with Crippen LogP contribution in [0.5, 0.6) is 5.75 Å². The van der Waals surface area contributed by atoms with Crippen LogP contribution in [0.1, 0.15) is 11.1 Å². The van der Waals surface area contributed by atoms with Crippen molar-refractivity contribution in [3.63, 3.8) is 0 Å². The van der Waals surface area contributed by atoms with Crippen LogP contribution in [0.3, 0.4) is 0 Å². The van der Waals surface area contributed by atoms with Crippen molar-refractivity contribution in [3.05, 3.63) is 82.9 Å². The molecule has 3 rings (SSSR count). The fraction of sp³-hybridized carbons (Fsp3) is 0.136. The zero-order valence-electron chi connectivity index (χ0n) is 16.5. The molecule has 0 heterocycles. The predicted molar refractivity (Wildman–Crippen MR) is 119 cm³/mol. The lowest BCUT2D eigenvalue weighted by atomic mass is 10.2. The molecule has 0 aliphatic rings. The molecule has 3 aromatic rings. The Hall–Kier alpha value is -3.03. The van der Waals surface area contributed by atoms with Crippen LogP contribution in [0, 0.1) is 13.8 Å². The second-order valence-electron chi connectivity index (χ2n) is 6.69. The zero-order valence-corrected chi connectivity index (χ0v) is 18.0. The van der Waals surface area contributed by atoms with Gasteiger partial charge in [0.25, 0.3) is 15.9 Å². The molecule has 0 aliphatic heterocycles. The number of rotatable bonds is 7. The lowest BCUT2D eigenvalue weighted by molar-refractivity contribution is -0.118. The van der Waals surface area contributed by atoms with E-state index in [1.165, 1.54) is 12.1 Å². The van der Waals surface area contributed by atoms with Crippen LogP contribution < -0.4 is 14.8 Å². The normalized spacial score (nSPS) is 11.0. The molecule has 0 unspecified atom stereocenters. The molecule has 30 heavy (non-hydrogen) atoms. The molecule has 0 saturated carbocycles. The molecule has 8 heteroatoms. The van der Waals surface area contributed by atoms with E-state index in [0.29, 0.717) is 22.1 Å². The second kappa shape index (κ2) is 9.19. The van der Waals surface area contributed by atoms with Gasteiger partial charge in [0.05, 0.1) is 10.6 Å². The van der Waals surface area contributed by atoms with Gasteiger partial charge < -0.3 is 10.1 Å². The van der Waals surface area contributed by atoms with Gasteiger partial charge in [-0.15, -0.1) is 0 Å². The van der Waals surface area contributed by atoms with E-state index in [-0.39, 0.29) is 17.4 Å². The van der Waals surface area contributed by atoms with E-state index in [1.54, 1.807) is 61.5 Å². The van der Waals surface area contributed by atoms with Crippen LogP contribution in [0.4, 0.5) is 11.4 Å². The highest BCUT2D eigenvalue weighted by molar-refractivity contribution is 7.92. The van der Waals surface area contributed by atoms with Crippen LogP contribution in [-0.4, -0.2) is 20.9 Å². The average molecular weight is 445 g/mol. The Kier molecular flexibility index (Phi) is 6.64. The number of halogens is 1. The maximum absolute atomic E-state index is 12.6. The Balaban J connectivity index is 1.68. The fourth-order valence-electron chi connectivity index (χ4n) is 2.73. The number of ether oxygens (including phenoxy) is 1. The minimum Gasteiger partial charge on any atom is -0.483 e. The molecule has 0 bridgehead atoms. The maximum atomic E-state index is 12.6. The van der Waals surface area contributed by atoms with Crippen LogP contribution in [0.2, 0.25) is 5.02 Å². The number of sulfonamides is 1. The summed E-state index contributed by atoms with van der Waals surface area (Å²) in [4.78, 5) is 12.4. The first kappa shape index (κ1) is 21.7. The topological polar surface area (TPSA) is 84.5 Å². The van der Waals surface area contributed by atoms with Gasteiger partial charge in [-0.25, -0.2) is 8.42 Å². The summed E-state index contributed by atoms with van der Waals surface area (Å²) in [5, 5.41) is 3.30. The summed E-state index contributed by atoms with van der Waals surface area (Å²) in [6, 6.07) is 18.2. The van der Waals surface area contributed by atoms with Crippen molar-refractivity contribution in [3.8, 4) is 5.75 Å². The van der Waals surface area contributed by atoms with E-state index in [1.807, 2.05) is 6.92 Å². The van der Waals surface area contributed by atoms with E-state index in [4.69, 9.17) is 16.3 Å². The molecule has 156 valence electrons. The maximum Gasteiger partial charge on any atom is 0.262 e. The lowest BCUT2D eigenvalue weighted by Crippen LogP contribution is -2.20. The second-order valence-corrected chi connectivity index (χ2v) is 8.81. The third-order valence-electron chi connectivity index (χ3n) is 4.31. The summed E-state index contributed by atoms with van der Waals surface area (Å²) in [5.74, 6) is 0.194. The van der Waals surface area contributed by atoms with Crippen molar-refractivity contribution >= 4 is 38.9 Å². The molecule has 0 saturated heterocycles. The summed E-state index contributed by atoms with van der Waals surface area (Å²) in [6.45, 7) is 3.42. The number of aryl methyl sites for hydroxylation is 2. The number of benzene rings is 3. The number of amides is 1. The third kappa shape index (κ3) is 5.52. The highest BCUT2D eigenvalue weighted by atomic mass is 35.5. The average Bonchev–Trinajstić information content (AvgIpc) is 2.70. The standard InChI is InChI=1S/C22H21ClN2O4S/c1-15-8-10-18(13-20(15)25-30(27,28)19-6-4-3-5-7-19)24-22(26)14-29-21-11-9-17(23)12-16(21)2/h3-13,25H,14H2,1-2H3,(H,24,26). The van der Waals surface area contributed by atoms with Crippen molar-refractivity contribution in [1.29, 1.82) is 0 Å². The SMILES string of the molecule is Cc1ccc(NC(=O)COc2ccc(Cl)cc2C)cc1NS(=O)(=O)c1ccccc1. The van der Waals surface area contributed by atoms with Crippen molar-refractivity contribution in [2.24, 2.45) is 0 Å². The van der Waals surface area contributed by atoms with Gasteiger partial charge in [-0.2, -0.15) is 0 Å².